The largest absolute Gasteiger partial charge is 0.466 e. The van der Waals surface area contributed by atoms with Crippen molar-refractivity contribution in [1.29, 1.82) is 0 Å². The summed E-state index contributed by atoms with van der Waals surface area (Å²) in [6.07, 6.45) is 0. The van der Waals surface area contributed by atoms with E-state index in [1.54, 1.807) is 0 Å². The van der Waals surface area contributed by atoms with E-state index in [1.165, 1.54) is 13.8 Å². The molecular weight excluding hydrogens is 1120 g/mol. The predicted molar refractivity (Wildman–Crippen MR) is 233 cm³/mol. The molecule has 2 saturated carbocycles. The molecule has 0 saturated heterocycles. The minimum absolute atomic E-state index is 0.507. The number of benzene rings is 4. The molecule has 3 aromatic heterocycles. The highest BCUT2D eigenvalue weighted by Crippen LogP contribution is 2.68. The van der Waals surface area contributed by atoms with Gasteiger partial charge < -0.3 is 19.4 Å². The molecule has 5 heterocycles. The average molecular weight is 1150 g/mol. The Balaban J connectivity index is 1.47. The van der Waals surface area contributed by atoms with Crippen molar-refractivity contribution in [2.45, 2.75) is 37.5 Å². The summed E-state index contributed by atoms with van der Waals surface area (Å²) in [4.78, 5) is 40.5. The minimum atomic E-state index is -2.78. The number of fused-ring (bicyclic) bond motifs is 14. The molecule has 28 heteroatoms. The molecule has 4 aliphatic rings. The van der Waals surface area contributed by atoms with Crippen LogP contribution in [-0.2, 0) is 19.1 Å². The van der Waals surface area contributed by atoms with Crippen LogP contribution in [0, 0.1) is 128 Å². The molecule has 11 rings (SSSR count). The summed E-state index contributed by atoms with van der Waals surface area (Å²) >= 11 is 0. The first-order valence-electron chi connectivity index (χ1n) is 23.0. The molecule has 7 aromatic rings. The van der Waals surface area contributed by atoms with Crippen molar-refractivity contribution in [3.8, 4) is 44.5 Å². The first-order valence-corrected chi connectivity index (χ1v) is 23.0. The number of nitrogens with one attached hydrogen (secondary N) is 2. The Hall–Kier alpha value is -8.46. The van der Waals surface area contributed by atoms with Crippen molar-refractivity contribution >= 4 is 34.0 Å². The predicted octanol–water partition coefficient (Wildman–Crippen LogP) is 13.9. The zero-order chi connectivity index (χ0) is 57.9. The van der Waals surface area contributed by atoms with E-state index in [2.05, 4.69) is 19.9 Å². The van der Waals surface area contributed by atoms with Gasteiger partial charge in [0.1, 0.15) is 0 Å². The zero-order valence-electron chi connectivity index (χ0n) is 39.3. The van der Waals surface area contributed by atoms with Crippen molar-refractivity contribution < 1.29 is 107 Å². The van der Waals surface area contributed by atoms with Crippen molar-refractivity contribution in [2.75, 3.05) is 13.2 Å². The van der Waals surface area contributed by atoms with Crippen LogP contribution in [0.3, 0.4) is 0 Å². The third-order valence-electron chi connectivity index (χ3n) is 14.2. The molecule has 0 spiro atoms. The number of halogens is 20. The molecule has 2 fully saturated rings. The number of esters is 2. The Kier molecular flexibility index (Phi) is 12.4. The summed E-state index contributed by atoms with van der Waals surface area (Å²) in [6, 6.07) is 2.32. The van der Waals surface area contributed by atoms with Crippen molar-refractivity contribution in [3.63, 3.8) is 0 Å². The van der Waals surface area contributed by atoms with E-state index in [-0.39, 0.29) is 0 Å². The van der Waals surface area contributed by atoms with Crippen LogP contribution in [0.15, 0.2) is 24.3 Å². The number of ether oxygens (including phenoxy) is 2. The highest BCUT2D eigenvalue weighted by molar-refractivity contribution is 5.97. The standard InChI is InChI=1S/C52H22F20N4O4/c1-3-79-51(77)21-17-18(21)48-14(24-29(55)37(63)44(70)38(64)30(24)56)10-6-8-12(74-10)16(26-33(59)41(67)46(72)42(68)34(26)60)50-20-19(22(20)52(78)80-4-2)49(76-50)15(25-31(57)39(65)45(71)40(66)32(25)58)11-7-5-9(73-11)13(47(17)75-48)23-27(53)35(61)43(69)36(62)28(23)54/h5-8,17-22,73-74H,3-4H2,1-2H3. The molecule has 2 aliphatic heterocycles. The van der Waals surface area contributed by atoms with Gasteiger partial charge in [0.2, 0.25) is 23.3 Å². The lowest BCUT2D eigenvalue weighted by Crippen LogP contribution is -2.12. The topological polar surface area (TPSA) is 110 Å². The second-order valence-corrected chi connectivity index (χ2v) is 18.3. The van der Waals surface area contributed by atoms with Crippen LogP contribution in [0.2, 0.25) is 0 Å². The maximum atomic E-state index is 16.4. The van der Waals surface area contributed by atoms with E-state index in [4.69, 9.17) is 9.47 Å². The third kappa shape index (κ3) is 7.30. The molecule has 0 radical (unpaired) electrons. The van der Waals surface area contributed by atoms with E-state index in [0.29, 0.717) is 24.3 Å². The molecule has 8 bridgehead atoms. The van der Waals surface area contributed by atoms with Crippen LogP contribution in [0.25, 0.3) is 66.6 Å². The number of carbonyl (C=O) groups excluding carboxylic acids is 2. The smallest absolute Gasteiger partial charge is 0.310 e. The Morgan fingerprint density at radius 2 is 0.500 bits per heavy atom. The van der Waals surface area contributed by atoms with E-state index in [0.717, 1.165) is 0 Å². The van der Waals surface area contributed by atoms with Gasteiger partial charge in [0, 0.05) is 68.0 Å². The van der Waals surface area contributed by atoms with Crippen LogP contribution in [0.1, 0.15) is 60.3 Å². The van der Waals surface area contributed by atoms with Crippen molar-refractivity contribution in [2.24, 2.45) is 11.8 Å². The zero-order valence-corrected chi connectivity index (χ0v) is 39.3. The Morgan fingerprint density at radius 3 is 0.675 bits per heavy atom. The van der Waals surface area contributed by atoms with Gasteiger partial charge in [-0.25, -0.2) is 87.8 Å². The number of nitrogens with zero attached hydrogens (tertiary/aromatic N) is 2. The molecule has 4 unspecified atom stereocenters. The summed E-state index contributed by atoms with van der Waals surface area (Å²) in [5.74, 6) is -68.3. The SMILES string of the molecule is CCOC(=O)C1C2c3nc(c(-c4c(F)c(F)c(F)c(F)c4F)c4ccc([nH]4)c(-c4c(F)c(F)c(F)c(F)c4F)c4nc(c(-c5c(F)c(F)c(F)c(F)c5F)c5ccc([nH]5)c3-c3c(F)c(F)c(F)c(F)c3F)C3C(C(=O)OCC)C43)C12. The summed E-state index contributed by atoms with van der Waals surface area (Å²) < 4.78 is 324. The molecular formula is C52H22F20N4O4. The van der Waals surface area contributed by atoms with Crippen LogP contribution in [0.4, 0.5) is 87.8 Å². The quantitative estimate of drug-likeness (QED) is 0.0679. The number of aromatic nitrogens is 4. The molecule has 2 aliphatic carbocycles. The van der Waals surface area contributed by atoms with Gasteiger partial charge in [0.15, 0.2) is 93.1 Å². The van der Waals surface area contributed by atoms with Crippen LogP contribution in [-0.4, -0.2) is 45.1 Å². The molecule has 414 valence electrons. The number of hydrogen-bond donors (Lipinski definition) is 2. The van der Waals surface area contributed by atoms with Crippen LogP contribution >= 0.6 is 0 Å². The van der Waals surface area contributed by atoms with E-state index in [1.807, 2.05) is 0 Å². The van der Waals surface area contributed by atoms with E-state index < -0.39 is 266 Å². The van der Waals surface area contributed by atoms with Crippen LogP contribution < -0.4 is 0 Å². The number of aromatic amines is 2. The second-order valence-electron chi connectivity index (χ2n) is 18.3. The number of hydrogen-bond acceptors (Lipinski definition) is 6. The summed E-state index contributed by atoms with van der Waals surface area (Å²) in [5.41, 5.74) is -22.0. The third-order valence-corrected chi connectivity index (χ3v) is 14.2. The maximum absolute atomic E-state index is 16.4. The van der Waals surface area contributed by atoms with Gasteiger partial charge in [-0.15, -0.1) is 0 Å². The first kappa shape index (κ1) is 53.5. The van der Waals surface area contributed by atoms with Gasteiger partial charge in [0.05, 0.1) is 70.1 Å². The lowest BCUT2D eigenvalue weighted by atomic mass is 9.98. The monoisotopic (exact) mass is 1150 g/mol. The molecule has 4 aromatic carbocycles. The lowest BCUT2D eigenvalue weighted by Gasteiger charge is -2.14. The van der Waals surface area contributed by atoms with Crippen molar-refractivity contribution in [1.82, 2.24) is 19.9 Å². The van der Waals surface area contributed by atoms with Gasteiger partial charge >= 0.3 is 11.9 Å². The number of H-pyrrole nitrogens is 2. The van der Waals surface area contributed by atoms with Gasteiger partial charge in [-0.3, -0.25) is 19.6 Å². The molecule has 8 nitrogen and oxygen atoms in total. The highest BCUT2D eigenvalue weighted by Gasteiger charge is 2.65. The Morgan fingerprint density at radius 1 is 0.325 bits per heavy atom. The highest BCUT2D eigenvalue weighted by atomic mass is 19.2. The Bertz CT molecular complexity index is 3560. The molecule has 80 heavy (non-hydrogen) atoms. The normalized spacial score (nSPS) is 18.8. The molecule has 0 amide bonds. The maximum Gasteiger partial charge on any atom is 0.310 e. The number of rotatable bonds is 8. The lowest BCUT2D eigenvalue weighted by molar-refractivity contribution is -0.145. The average Bonchev–Trinajstić information content (AvgIpc) is 4.02. The van der Waals surface area contributed by atoms with Crippen LogP contribution in [0.5, 0.6) is 0 Å². The minimum Gasteiger partial charge on any atom is -0.466 e. The fourth-order valence-corrected chi connectivity index (χ4v) is 10.8. The summed E-state index contributed by atoms with van der Waals surface area (Å²) in [7, 11) is 0. The second kappa shape index (κ2) is 18.6. The van der Waals surface area contributed by atoms with E-state index in [9.17, 15) is 27.2 Å². The van der Waals surface area contributed by atoms with Gasteiger partial charge in [0.25, 0.3) is 0 Å². The van der Waals surface area contributed by atoms with Gasteiger partial charge in [-0.1, -0.05) is 0 Å². The van der Waals surface area contributed by atoms with E-state index >= 15 is 70.2 Å². The summed E-state index contributed by atoms with van der Waals surface area (Å²) in [6.45, 7) is 1.44. The van der Waals surface area contributed by atoms with Gasteiger partial charge in [-0.05, 0) is 38.1 Å². The summed E-state index contributed by atoms with van der Waals surface area (Å²) in [5, 5.41) is 0. The molecule has 2 N–H and O–H groups in total. The van der Waals surface area contributed by atoms with Gasteiger partial charge in [-0.2, -0.15) is 0 Å². The number of carbonyl (C=O) groups is 2. The fraction of sp³-hybridized carbons (Fsp3) is 0.192. The van der Waals surface area contributed by atoms with Crippen molar-refractivity contribution in [3.05, 3.63) is 163 Å². The Labute approximate surface area is 430 Å². The first-order chi connectivity index (χ1) is 37.8. The molecule has 4 atom stereocenters. The fourth-order valence-electron chi connectivity index (χ4n) is 10.8.